The summed E-state index contributed by atoms with van der Waals surface area (Å²) >= 11 is 6.68. The highest BCUT2D eigenvalue weighted by Crippen LogP contribution is 2.26. The van der Waals surface area contributed by atoms with Gasteiger partial charge in [0.1, 0.15) is 0 Å². The number of benzene rings is 2. The van der Waals surface area contributed by atoms with Gasteiger partial charge in [-0.15, -0.1) is 0 Å². The summed E-state index contributed by atoms with van der Waals surface area (Å²) in [4.78, 5) is 11.3. The zero-order valence-corrected chi connectivity index (χ0v) is 13.9. The molecule has 20 heavy (non-hydrogen) atoms. The van der Waals surface area contributed by atoms with E-state index in [9.17, 15) is 9.90 Å². The normalized spacial score (nSPS) is 11.9. The third-order valence-corrected chi connectivity index (χ3v) is 3.98. The van der Waals surface area contributed by atoms with Crippen LogP contribution in [-0.2, 0) is 0 Å². The SMILES string of the molecule is CC(Nc1ccc(Br)cc1C(=O)O)c1ccc(Br)cc1. The van der Waals surface area contributed by atoms with Crippen molar-refractivity contribution in [2.75, 3.05) is 5.32 Å². The third kappa shape index (κ3) is 3.61. The van der Waals surface area contributed by atoms with Crippen LogP contribution in [0.5, 0.6) is 0 Å². The van der Waals surface area contributed by atoms with Crippen LogP contribution in [-0.4, -0.2) is 11.1 Å². The molecular weight excluding hydrogens is 386 g/mol. The van der Waals surface area contributed by atoms with E-state index in [0.717, 1.165) is 14.5 Å². The zero-order valence-electron chi connectivity index (χ0n) is 10.7. The summed E-state index contributed by atoms with van der Waals surface area (Å²) in [6.07, 6.45) is 0. The minimum absolute atomic E-state index is 0.0161. The molecule has 2 N–H and O–H groups in total. The standard InChI is InChI=1S/C15H13Br2NO2/c1-9(10-2-4-11(16)5-3-10)18-14-7-6-12(17)8-13(14)15(19)20/h2-9,18H,1H3,(H,19,20). The van der Waals surface area contributed by atoms with Crippen molar-refractivity contribution in [2.45, 2.75) is 13.0 Å². The fraction of sp³-hybridized carbons (Fsp3) is 0.133. The quantitative estimate of drug-likeness (QED) is 0.754. The van der Waals surface area contributed by atoms with E-state index >= 15 is 0 Å². The minimum atomic E-state index is -0.947. The van der Waals surface area contributed by atoms with E-state index in [4.69, 9.17) is 0 Å². The summed E-state index contributed by atoms with van der Waals surface area (Å²) in [6.45, 7) is 2.00. The lowest BCUT2D eigenvalue weighted by Gasteiger charge is -2.17. The Morgan fingerprint density at radius 2 is 1.70 bits per heavy atom. The van der Waals surface area contributed by atoms with Gasteiger partial charge < -0.3 is 10.4 Å². The van der Waals surface area contributed by atoms with Gasteiger partial charge in [0.2, 0.25) is 0 Å². The van der Waals surface area contributed by atoms with Gasteiger partial charge >= 0.3 is 5.97 Å². The minimum Gasteiger partial charge on any atom is -0.478 e. The van der Waals surface area contributed by atoms with Gasteiger partial charge in [-0.05, 0) is 42.8 Å². The van der Waals surface area contributed by atoms with E-state index in [1.807, 2.05) is 37.3 Å². The second-order valence-electron chi connectivity index (χ2n) is 4.41. The van der Waals surface area contributed by atoms with Gasteiger partial charge in [0, 0.05) is 20.7 Å². The molecule has 0 saturated heterocycles. The fourth-order valence-corrected chi connectivity index (χ4v) is 2.51. The largest absolute Gasteiger partial charge is 0.478 e. The molecular formula is C15H13Br2NO2. The second kappa shape index (κ2) is 6.41. The number of halogens is 2. The average molecular weight is 399 g/mol. The van der Waals surface area contributed by atoms with E-state index in [1.54, 1.807) is 12.1 Å². The first kappa shape index (κ1) is 15.1. The Morgan fingerprint density at radius 1 is 1.10 bits per heavy atom. The highest BCUT2D eigenvalue weighted by atomic mass is 79.9. The Labute approximate surface area is 134 Å². The molecule has 0 aliphatic carbocycles. The summed E-state index contributed by atoms with van der Waals surface area (Å²) in [5.74, 6) is -0.947. The monoisotopic (exact) mass is 397 g/mol. The van der Waals surface area contributed by atoms with Crippen molar-refractivity contribution < 1.29 is 9.90 Å². The van der Waals surface area contributed by atoms with Crippen molar-refractivity contribution >= 4 is 43.5 Å². The molecule has 0 aromatic heterocycles. The van der Waals surface area contributed by atoms with E-state index in [2.05, 4.69) is 37.2 Å². The molecule has 0 radical (unpaired) electrons. The van der Waals surface area contributed by atoms with Crippen LogP contribution in [0.2, 0.25) is 0 Å². The number of hydrogen-bond acceptors (Lipinski definition) is 2. The summed E-state index contributed by atoms with van der Waals surface area (Å²) in [7, 11) is 0. The molecule has 2 aromatic carbocycles. The zero-order chi connectivity index (χ0) is 14.7. The van der Waals surface area contributed by atoms with Gasteiger partial charge in [0.05, 0.1) is 5.56 Å². The van der Waals surface area contributed by atoms with Crippen LogP contribution >= 0.6 is 31.9 Å². The predicted molar refractivity (Wildman–Crippen MR) is 87.3 cm³/mol. The van der Waals surface area contributed by atoms with Crippen LogP contribution in [0.25, 0.3) is 0 Å². The lowest BCUT2D eigenvalue weighted by atomic mass is 10.1. The number of carbonyl (C=O) groups is 1. The van der Waals surface area contributed by atoms with Crippen molar-refractivity contribution in [1.82, 2.24) is 0 Å². The van der Waals surface area contributed by atoms with Gasteiger partial charge in [-0.1, -0.05) is 44.0 Å². The fourth-order valence-electron chi connectivity index (χ4n) is 1.89. The Morgan fingerprint density at radius 3 is 2.30 bits per heavy atom. The van der Waals surface area contributed by atoms with Crippen molar-refractivity contribution in [3.8, 4) is 0 Å². The summed E-state index contributed by atoms with van der Waals surface area (Å²) in [6, 6.07) is 13.1. The first-order valence-electron chi connectivity index (χ1n) is 6.02. The highest BCUT2D eigenvalue weighted by molar-refractivity contribution is 9.10. The lowest BCUT2D eigenvalue weighted by Crippen LogP contribution is -2.10. The molecule has 3 nitrogen and oxygen atoms in total. The molecule has 0 aliphatic heterocycles. The van der Waals surface area contributed by atoms with E-state index < -0.39 is 5.97 Å². The molecule has 0 bridgehead atoms. The van der Waals surface area contributed by atoms with Crippen LogP contribution in [0.4, 0.5) is 5.69 Å². The average Bonchev–Trinajstić information content (AvgIpc) is 2.41. The van der Waals surface area contributed by atoms with Gasteiger partial charge in [0.15, 0.2) is 0 Å². The number of anilines is 1. The van der Waals surface area contributed by atoms with Crippen molar-refractivity contribution in [1.29, 1.82) is 0 Å². The molecule has 0 heterocycles. The van der Waals surface area contributed by atoms with E-state index in [1.165, 1.54) is 0 Å². The topological polar surface area (TPSA) is 49.3 Å². The van der Waals surface area contributed by atoms with Crippen LogP contribution in [0.3, 0.4) is 0 Å². The molecule has 0 saturated carbocycles. The predicted octanol–water partition coefficient (Wildman–Crippen LogP) is 5.08. The Bertz CT molecular complexity index is 626. The molecule has 0 spiro atoms. The van der Waals surface area contributed by atoms with Gasteiger partial charge in [-0.2, -0.15) is 0 Å². The van der Waals surface area contributed by atoms with E-state index in [-0.39, 0.29) is 11.6 Å². The van der Waals surface area contributed by atoms with Crippen LogP contribution in [0, 0.1) is 0 Å². The lowest BCUT2D eigenvalue weighted by molar-refractivity contribution is 0.0698. The summed E-state index contributed by atoms with van der Waals surface area (Å²) in [5.41, 5.74) is 1.95. The molecule has 5 heteroatoms. The Balaban J connectivity index is 2.25. The maximum absolute atomic E-state index is 11.3. The van der Waals surface area contributed by atoms with Crippen LogP contribution in [0.1, 0.15) is 28.9 Å². The number of carboxylic acid groups (broad SMARTS) is 1. The van der Waals surface area contributed by atoms with Crippen molar-refractivity contribution in [3.63, 3.8) is 0 Å². The Kier molecular flexibility index (Phi) is 4.83. The number of carboxylic acids is 1. The summed E-state index contributed by atoms with van der Waals surface area (Å²) < 4.78 is 1.76. The molecule has 104 valence electrons. The molecule has 0 fully saturated rings. The van der Waals surface area contributed by atoms with Crippen LogP contribution < -0.4 is 5.32 Å². The number of nitrogens with one attached hydrogen (secondary N) is 1. The van der Waals surface area contributed by atoms with Gasteiger partial charge in [-0.3, -0.25) is 0 Å². The highest BCUT2D eigenvalue weighted by Gasteiger charge is 2.13. The van der Waals surface area contributed by atoms with Crippen LogP contribution in [0.15, 0.2) is 51.4 Å². The first-order valence-corrected chi connectivity index (χ1v) is 7.61. The molecule has 0 aliphatic rings. The molecule has 0 amide bonds. The molecule has 2 rings (SSSR count). The van der Waals surface area contributed by atoms with Crippen molar-refractivity contribution in [2.24, 2.45) is 0 Å². The molecule has 1 atom stereocenters. The number of rotatable bonds is 4. The smallest absolute Gasteiger partial charge is 0.337 e. The Hall–Kier alpha value is -1.33. The summed E-state index contributed by atoms with van der Waals surface area (Å²) in [5, 5.41) is 12.5. The van der Waals surface area contributed by atoms with E-state index in [0.29, 0.717) is 5.69 Å². The first-order chi connectivity index (χ1) is 9.47. The molecule has 1 unspecified atom stereocenters. The van der Waals surface area contributed by atoms with Crippen molar-refractivity contribution in [3.05, 3.63) is 62.5 Å². The third-order valence-electron chi connectivity index (χ3n) is 2.95. The molecule has 2 aromatic rings. The number of hydrogen-bond donors (Lipinski definition) is 2. The maximum Gasteiger partial charge on any atom is 0.337 e. The number of aromatic carboxylic acids is 1. The second-order valence-corrected chi connectivity index (χ2v) is 6.24. The van der Waals surface area contributed by atoms with Gasteiger partial charge in [0.25, 0.3) is 0 Å². The maximum atomic E-state index is 11.3. The van der Waals surface area contributed by atoms with Gasteiger partial charge in [-0.25, -0.2) is 4.79 Å².